The van der Waals surface area contributed by atoms with E-state index in [4.69, 9.17) is 9.47 Å². The third kappa shape index (κ3) is 2.72. The number of fused-ring (bicyclic) bond motifs is 3. The number of sulfone groups is 1. The lowest BCUT2D eigenvalue weighted by atomic mass is 10.0. The number of rotatable bonds is 2. The first kappa shape index (κ1) is 16.9. The molecule has 0 unspecified atom stereocenters. The maximum atomic E-state index is 12.2. The maximum absolute atomic E-state index is 12.2. The molecule has 2 aliphatic rings. The molecule has 0 saturated carbocycles. The van der Waals surface area contributed by atoms with Gasteiger partial charge >= 0.3 is 0 Å². The first-order valence-corrected chi connectivity index (χ1v) is 10.1. The molecule has 0 aromatic carbocycles. The number of aromatic nitrogens is 2. The van der Waals surface area contributed by atoms with Crippen LogP contribution in [0.2, 0.25) is 0 Å². The molecule has 0 radical (unpaired) electrons. The predicted octanol–water partition coefficient (Wildman–Crippen LogP) is 1.50. The van der Waals surface area contributed by atoms with Crippen molar-refractivity contribution in [3.05, 3.63) is 10.4 Å². The van der Waals surface area contributed by atoms with E-state index in [1.54, 1.807) is 13.8 Å². The van der Waals surface area contributed by atoms with Crippen molar-refractivity contribution in [2.75, 3.05) is 31.0 Å². The fourth-order valence-corrected chi connectivity index (χ4v) is 3.72. The van der Waals surface area contributed by atoms with Crippen LogP contribution in [0.4, 0.5) is 5.82 Å². The molecule has 0 spiro atoms. The lowest BCUT2D eigenvalue weighted by molar-refractivity contribution is 0.0481. The van der Waals surface area contributed by atoms with Gasteiger partial charge < -0.3 is 14.4 Å². The lowest BCUT2D eigenvalue weighted by Crippen LogP contribution is -2.56. The minimum atomic E-state index is -3.38. The lowest BCUT2D eigenvalue weighted by Gasteiger charge is -2.45. The van der Waals surface area contributed by atoms with E-state index < -0.39 is 14.6 Å². The number of hydrogen-bond donors (Lipinski definition) is 0. The van der Waals surface area contributed by atoms with Crippen LogP contribution < -0.4 is 9.64 Å². The van der Waals surface area contributed by atoms with E-state index >= 15 is 0 Å². The zero-order valence-electron chi connectivity index (χ0n) is 13.5. The van der Waals surface area contributed by atoms with Gasteiger partial charge in [-0.05, 0) is 36.7 Å². The summed E-state index contributed by atoms with van der Waals surface area (Å²) in [7, 11) is -3.38. The van der Waals surface area contributed by atoms with Crippen molar-refractivity contribution in [3.63, 3.8) is 0 Å². The van der Waals surface area contributed by atoms with Gasteiger partial charge in [-0.1, -0.05) is 0 Å². The monoisotopic (exact) mass is 405 g/mol. The van der Waals surface area contributed by atoms with Gasteiger partial charge in [0.1, 0.15) is 17.0 Å². The average molecular weight is 406 g/mol. The molecule has 0 bridgehead atoms. The normalized spacial score (nSPS) is 24.7. The molecule has 23 heavy (non-hydrogen) atoms. The molecule has 7 nitrogen and oxygen atoms in total. The summed E-state index contributed by atoms with van der Waals surface area (Å²) in [6.45, 7) is 6.91. The van der Waals surface area contributed by atoms with Gasteiger partial charge in [0, 0.05) is 6.26 Å². The summed E-state index contributed by atoms with van der Waals surface area (Å²) < 4.78 is 35.1. The molecule has 2 atom stereocenters. The van der Waals surface area contributed by atoms with E-state index in [0.29, 0.717) is 41.8 Å². The molecule has 0 aliphatic carbocycles. The highest BCUT2D eigenvalue weighted by Gasteiger charge is 2.43. The van der Waals surface area contributed by atoms with E-state index in [2.05, 4.69) is 37.7 Å². The van der Waals surface area contributed by atoms with E-state index in [0.717, 1.165) is 0 Å². The Balaban J connectivity index is 2.20. The molecule has 0 N–H and O–H groups in total. The van der Waals surface area contributed by atoms with Crippen molar-refractivity contribution < 1.29 is 17.9 Å². The van der Waals surface area contributed by atoms with E-state index in [9.17, 15) is 8.42 Å². The van der Waals surface area contributed by atoms with Crippen molar-refractivity contribution in [1.29, 1.82) is 0 Å². The Morgan fingerprint density at radius 3 is 2.61 bits per heavy atom. The summed E-state index contributed by atoms with van der Waals surface area (Å²) in [5.74, 6) is 1.08. The quantitative estimate of drug-likeness (QED) is 0.689. The Hall–Kier alpha value is -0.930. The van der Waals surface area contributed by atoms with Crippen molar-refractivity contribution >= 4 is 31.6 Å². The molecule has 128 valence electrons. The molecule has 3 heterocycles. The summed E-state index contributed by atoms with van der Waals surface area (Å²) in [6.07, 6.45) is 1.21. The largest absolute Gasteiger partial charge is 0.486 e. The van der Waals surface area contributed by atoms with Gasteiger partial charge in [-0.2, -0.15) is 0 Å². The number of ether oxygens (including phenoxy) is 2. The molecule has 3 rings (SSSR count). The van der Waals surface area contributed by atoms with Crippen LogP contribution in [0.25, 0.3) is 0 Å². The van der Waals surface area contributed by atoms with Crippen molar-refractivity contribution in [3.8, 4) is 5.75 Å². The second-order valence-corrected chi connectivity index (χ2v) is 9.81. The number of hydrogen-bond acceptors (Lipinski definition) is 7. The summed E-state index contributed by atoms with van der Waals surface area (Å²) in [5.41, 5.74) is 0.383. The Labute approximate surface area is 144 Å². The Morgan fingerprint density at radius 1 is 1.26 bits per heavy atom. The third-order valence-corrected chi connectivity index (χ3v) is 6.92. The highest BCUT2D eigenvalue weighted by molar-refractivity contribution is 9.10. The summed E-state index contributed by atoms with van der Waals surface area (Å²) in [5, 5.41) is 0. The molecule has 1 aromatic rings. The van der Waals surface area contributed by atoms with Crippen molar-refractivity contribution in [2.24, 2.45) is 0 Å². The van der Waals surface area contributed by atoms with Gasteiger partial charge in [0.2, 0.25) is 0 Å². The third-order valence-electron chi connectivity index (χ3n) is 4.52. The van der Waals surface area contributed by atoms with Crippen LogP contribution in [-0.2, 0) is 19.3 Å². The first-order chi connectivity index (χ1) is 10.6. The number of halogens is 1. The Morgan fingerprint density at radius 2 is 1.96 bits per heavy atom. The molecule has 9 heteroatoms. The number of morpholine rings is 1. The summed E-state index contributed by atoms with van der Waals surface area (Å²) >= 11 is 3.31. The Bertz CT molecular complexity index is 738. The SMILES string of the molecule is C[C@H]1COC[C@@H]2COc3c(nc(Br)nc3C(C)(C)S(C)(=O)=O)N21. The molecule has 1 fully saturated rings. The fraction of sp³-hybridized carbons (Fsp3) is 0.714. The predicted molar refractivity (Wildman–Crippen MR) is 89.6 cm³/mol. The zero-order valence-corrected chi connectivity index (χ0v) is 15.9. The van der Waals surface area contributed by atoms with Crippen LogP contribution in [0.3, 0.4) is 0 Å². The number of anilines is 1. The van der Waals surface area contributed by atoms with Crippen LogP contribution in [0.15, 0.2) is 4.73 Å². The van der Waals surface area contributed by atoms with E-state index in [1.165, 1.54) is 6.26 Å². The van der Waals surface area contributed by atoms with Crippen LogP contribution in [0.5, 0.6) is 5.75 Å². The van der Waals surface area contributed by atoms with Crippen molar-refractivity contribution in [2.45, 2.75) is 37.6 Å². The molecule has 0 amide bonds. The van der Waals surface area contributed by atoms with E-state index in [1.807, 2.05) is 0 Å². The molecular formula is C14H20BrN3O4S. The highest BCUT2D eigenvalue weighted by atomic mass is 79.9. The standard InChI is InChI=1S/C14H20BrN3O4S/c1-8-5-21-6-9-7-22-10-11(14(2,3)23(4,19)20)16-13(15)17-12(10)18(8)9/h8-9H,5-7H2,1-4H3/t8-,9+/m0/s1. The molecular weight excluding hydrogens is 386 g/mol. The average Bonchev–Trinajstić information content (AvgIpc) is 2.44. The van der Waals surface area contributed by atoms with Crippen LogP contribution in [0, 0.1) is 0 Å². The number of nitrogens with zero attached hydrogens (tertiary/aromatic N) is 3. The highest BCUT2D eigenvalue weighted by Crippen LogP contribution is 2.43. The molecule has 2 aliphatic heterocycles. The molecule has 1 aromatic heterocycles. The van der Waals surface area contributed by atoms with Gasteiger partial charge in [0.15, 0.2) is 26.1 Å². The van der Waals surface area contributed by atoms with Crippen molar-refractivity contribution in [1.82, 2.24) is 9.97 Å². The maximum Gasteiger partial charge on any atom is 0.199 e. The second-order valence-electron chi connectivity index (χ2n) is 6.54. The van der Waals surface area contributed by atoms with Gasteiger partial charge in [0.05, 0.1) is 25.3 Å². The second kappa shape index (κ2) is 5.56. The fourth-order valence-electron chi connectivity index (χ4n) is 2.89. The molecule has 1 saturated heterocycles. The first-order valence-electron chi connectivity index (χ1n) is 7.39. The van der Waals surface area contributed by atoms with Gasteiger partial charge in [-0.3, -0.25) is 0 Å². The van der Waals surface area contributed by atoms with Crippen LogP contribution in [0.1, 0.15) is 26.5 Å². The topological polar surface area (TPSA) is 81.6 Å². The van der Waals surface area contributed by atoms with E-state index in [-0.39, 0.29) is 12.1 Å². The minimum Gasteiger partial charge on any atom is -0.486 e. The summed E-state index contributed by atoms with van der Waals surface area (Å²) in [4.78, 5) is 10.9. The zero-order chi connectivity index (χ0) is 17.0. The van der Waals surface area contributed by atoms with Crippen LogP contribution in [-0.4, -0.2) is 56.5 Å². The van der Waals surface area contributed by atoms with Crippen LogP contribution >= 0.6 is 15.9 Å². The van der Waals surface area contributed by atoms with Gasteiger partial charge in [0.25, 0.3) is 0 Å². The summed E-state index contributed by atoms with van der Waals surface area (Å²) in [6, 6.07) is 0.203. The Kier molecular flexibility index (Phi) is 4.09. The smallest absolute Gasteiger partial charge is 0.199 e. The van der Waals surface area contributed by atoms with Gasteiger partial charge in [-0.15, -0.1) is 0 Å². The minimum absolute atomic E-state index is 0.0715. The van der Waals surface area contributed by atoms with Gasteiger partial charge in [-0.25, -0.2) is 18.4 Å².